The van der Waals surface area contributed by atoms with Gasteiger partial charge in [-0.15, -0.1) is 0 Å². The summed E-state index contributed by atoms with van der Waals surface area (Å²) in [5, 5.41) is 27.6. The lowest BCUT2D eigenvalue weighted by molar-refractivity contribution is 0.0309. The number of hydrogen-bond acceptors (Lipinski definition) is 9. The fraction of sp³-hybridized carbons (Fsp3) is 0.0870. The number of primary amides is 1. The second kappa shape index (κ2) is 9.84. The standard InChI is InChI=1S/C23H23N7O7S2/c1-29(32)38(34,35)19-6-4-3-5-14(19)15-9-13(22(26)31)10-16(20(15)39(36,37)30(2)33)23-27-17-8-7-12(21(24)25)11-18(17)28-23/h3-11,32-33H,1-2H3,(H3,24,25)(H2,26,31)(H,27,28). The van der Waals surface area contributed by atoms with Gasteiger partial charge in [0, 0.05) is 41.9 Å². The van der Waals surface area contributed by atoms with Crippen molar-refractivity contribution in [1.82, 2.24) is 18.9 Å². The molecular weight excluding hydrogens is 550 g/mol. The Kier molecular flexibility index (Phi) is 7.02. The number of carbonyl (C=O) groups excluding carboxylic acids is 1. The molecule has 1 aromatic heterocycles. The number of hydrogen-bond donors (Lipinski definition) is 6. The fourth-order valence-corrected chi connectivity index (χ4v) is 6.05. The number of nitrogen functional groups attached to an aromatic ring is 1. The van der Waals surface area contributed by atoms with Crippen molar-refractivity contribution in [1.29, 1.82) is 5.41 Å². The highest BCUT2D eigenvalue weighted by molar-refractivity contribution is 7.89. The van der Waals surface area contributed by atoms with Gasteiger partial charge >= 0.3 is 0 Å². The van der Waals surface area contributed by atoms with Crippen molar-refractivity contribution < 1.29 is 32.0 Å². The Hall–Kier alpha value is -4.19. The summed E-state index contributed by atoms with van der Waals surface area (Å²) in [6.07, 6.45) is 0. The van der Waals surface area contributed by atoms with Gasteiger partial charge in [0.15, 0.2) is 0 Å². The molecule has 4 aromatic rings. The molecule has 0 aliphatic rings. The summed E-state index contributed by atoms with van der Waals surface area (Å²) in [7, 11) is -7.57. The number of H-pyrrole nitrogens is 1. The highest BCUT2D eigenvalue weighted by atomic mass is 32.2. The SMILES string of the molecule is CN(O)S(=O)(=O)c1ccccc1-c1cc(C(N)=O)cc(-c2nc3ccc(C(=N)N)cc3[nH]2)c1S(=O)(=O)N(C)O. The molecule has 3 aromatic carbocycles. The smallest absolute Gasteiger partial charge is 0.265 e. The van der Waals surface area contributed by atoms with Gasteiger partial charge in [-0.2, -0.15) is 0 Å². The second-order valence-corrected chi connectivity index (χ2v) is 12.2. The van der Waals surface area contributed by atoms with Crippen LogP contribution in [0.2, 0.25) is 0 Å². The second-order valence-electron chi connectivity index (χ2n) is 8.37. The topological polar surface area (TPSA) is 237 Å². The summed E-state index contributed by atoms with van der Waals surface area (Å²) in [4.78, 5) is 18.5. The molecule has 4 rings (SSSR count). The largest absolute Gasteiger partial charge is 0.384 e. The number of sulfonamides is 2. The summed E-state index contributed by atoms with van der Waals surface area (Å²) >= 11 is 0. The third-order valence-electron chi connectivity index (χ3n) is 5.83. The third kappa shape index (κ3) is 4.87. The number of nitrogens with one attached hydrogen (secondary N) is 2. The maximum absolute atomic E-state index is 13.5. The number of carbonyl (C=O) groups is 1. The number of nitrogens with zero attached hydrogens (tertiary/aromatic N) is 3. The van der Waals surface area contributed by atoms with E-state index >= 15 is 0 Å². The Morgan fingerprint density at radius 2 is 1.49 bits per heavy atom. The molecule has 0 spiro atoms. The van der Waals surface area contributed by atoms with Gasteiger partial charge in [0.25, 0.3) is 20.0 Å². The van der Waals surface area contributed by atoms with Crippen LogP contribution in [0.5, 0.6) is 0 Å². The summed E-state index contributed by atoms with van der Waals surface area (Å²) < 4.78 is 52.8. The highest BCUT2D eigenvalue weighted by Crippen LogP contribution is 2.40. The van der Waals surface area contributed by atoms with E-state index in [1.807, 2.05) is 0 Å². The molecule has 14 nitrogen and oxygen atoms in total. The number of imidazole rings is 1. The van der Waals surface area contributed by atoms with Crippen LogP contribution in [-0.2, 0) is 20.0 Å². The molecule has 16 heteroatoms. The van der Waals surface area contributed by atoms with Crippen LogP contribution in [0.25, 0.3) is 33.5 Å². The van der Waals surface area contributed by atoms with E-state index in [0.29, 0.717) is 16.6 Å². The van der Waals surface area contributed by atoms with Crippen LogP contribution >= 0.6 is 0 Å². The fourth-order valence-electron chi connectivity index (χ4n) is 3.92. The molecule has 0 saturated carbocycles. The van der Waals surface area contributed by atoms with Gasteiger partial charge in [0.05, 0.1) is 15.9 Å². The van der Waals surface area contributed by atoms with Crippen LogP contribution in [0.15, 0.2) is 64.4 Å². The Morgan fingerprint density at radius 3 is 2.08 bits per heavy atom. The third-order valence-corrected chi connectivity index (χ3v) is 9.09. The van der Waals surface area contributed by atoms with Gasteiger partial charge in [-0.05, 0) is 36.4 Å². The Labute approximate surface area is 222 Å². The first kappa shape index (κ1) is 27.8. The van der Waals surface area contributed by atoms with E-state index in [-0.39, 0.29) is 42.9 Å². The Bertz CT molecular complexity index is 1860. The molecule has 0 aliphatic heterocycles. The molecule has 0 bridgehead atoms. The van der Waals surface area contributed by atoms with Gasteiger partial charge in [-0.1, -0.05) is 27.1 Å². The first-order valence-corrected chi connectivity index (χ1v) is 13.8. The Morgan fingerprint density at radius 1 is 0.872 bits per heavy atom. The number of nitrogens with two attached hydrogens (primary N) is 2. The molecule has 1 heterocycles. The van der Waals surface area contributed by atoms with E-state index in [9.17, 15) is 32.0 Å². The number of rotatable bonds is 8. The summed E-state index contributed by atoms with van der Waals surface area (Å²) in [6.45, 7) is 0. The van der Waals surface area contributed by atoms with Crippen LogP contribution in [0.3, 0.4) is 0 Å². The number of fused-ring (bicyclic) bond motifs is 1. The molecule has 1 amide bonds. The van der Waals surface area contributed by atoms with E-state index in [1.165, 1.54) is 36.4 Å². The average Bonchev–Trinajstić information content (AvgIpc) is 3.31. The minimum Gasteiger partial charge on any atom is -0.384 e. The number of amides is 1. The zero-order valence-corrected chi connectivity index (χ0v) is 22.1. The van der Waals surface area contributed by atoms with Crippen LogP contribution in [-0.4, -0.2) is 72.0 Å². The molecule has 204 valence electrons. The number of aromatic nitrogens is 2. The van der Waals surface area contributed by atoms with Crippen LogP contribution < -0.4 is 11.5 Å². The molecule has 0 atom stereocenters. The predicted octanol–water partition coefficient (Wildman–Crippen LogP) is 1.30. The van der Waals surface area contributed by atoms with Crippen molar-refractivity contribution in [3.05, 3.63) is 65.7 Å². The monoisotopic (exact) mass is 573 g/mol. The molecule has 0 unspecified atom stereocenters. The maximum atomic E-state index is 13.5. The first-order chi connectivity index (χ1) is 18.2. The van der Waals surface area contributed by atoms with Crippen molar-refractivity contribution in [3.8, 4) is 22.5 Å². The van der Waals surface area contributed by atoms with Crippen molar-refractivity contribution in [3.63, 3.8) is 0 Å². The molecular formula is C23H23N7O7S2. The van der Waals surface area contributed by atoms with Crippen LogP contribution in [0, 0.1) is 5.41 Å². The summed E-state index contributed by atoms with van der Waals surface area (Å²) in [5.41, 5.74) is 11.3. The minimum atomic E-state index is -4.77. The normalized spacial score (nSPS) is 12.4. The van der Waals surface area contributed by atoms with E-state index in [2.05, 4.69) is 9.97 Å². The number of benzene rings is 3. The van der Waals surface area contributed by atoms with Gasteiger partial charge < -0.3 is 16.5 Å². The molecule has 0 fully saturated rings. The van der Waals surface area contributed by atoms with Crippen LogP contribution in [0.1, 0.15) is 15.9 Å². The maximum Gasteiger partial charge on any atom is 0.265 e. The number of amidine groups is 1. The predicted molar refractivity (Wildman–Crippen MR) is 140 cm³/mol. The average molecular weight is 574 g/mol. The molecule has 8 N–H and O–H groups in total. The Balaban J connectivity index is 2.19. The molecule has 0 radical (unpaired) electrons. The zero-order valence-electron chi connectivity index (χ0n) is 20.4. The molecule has 39 heavy (non-hydrogen) atoms. The van der Waals surface area contributed by atoms with Gasteiger partial charge in [-0.25, -0.2) is 21.8 Å². The van der Waals surface area contributed by atoms with Gasteiger partial charge in [0.1, 0.15) is 16.6 Å². The lowest BCUT2D eigenvalue weighted by Crippen LogP contribution is -2.26. The highest BCUT2D eigenvalue weighted by Gasteiger charge is 2.33. The lowest BCUT2D eigenvalue weighted by atomic mass is 9.98. The first-order valence-electron chi connectivity index (χ1n) is 10.9. The zero-order chi connectivity index (χ0) is 28.9. The van der Waals surface area contributed by atoms with Crippen molar-refractivity contribution in [2.75, 3.05) is 14.1 Å². The van der Waals surface area contributed by atoms with E-state index in [0.717, 1.165) is 32.3 Å². The lowest BCUT2D eigenvalue weighted by Gasteiger charge is -2.20. The minimum absolute atomic E-state index is 0.0388. The summed E-state index contributed by atoms with van der Waals surface area (Å²) in [6, 6.07) is 12.0. The van der Waals surface area contributed by atoms with Crippen molar-refractivity contribution in [2.24, 2.45) is 11.5 Å². The summed E-state index contributed by atoms with van der Waals surface area (Å²) in [5.74, 6) is -1.26. The molecule has 0 aliphatic carbocycles. The van der Waals surface area contributed by atoms with Gasteiger partial charge in [-0.3, -0.25) is 20.6 Å². The van der Waals surface area contributed by atoms with Crippen molar-refractivity contribution >= 4 is 42.8 Å². The molecule has 0 saturated heterocycles. The van der Waals surface area contributed by atoms with E-state index < -0.39 is 35.7 Å². The number of aromatic amines is 1. The van der Waals surface area contributed by atoms with Crippen molar-refractivity contribution in [2.45, 2.75) is 9.79 Å². The van der Waals surface area contributed by atoms with E-state index in [1.54, 1.807) is 0 Å². The number of hydroxylamine groups is 2. The van der Waals surface area contributed by atoms with Crippen LogP contribution in [0.4, 0.5) is 0 Å². The quantitative estimate of drug-likeness (QED) is 0.101. The van der Waals surface area contributed by atoms with Gasteiger partial charge in [0.2, 0.25) is 5.91 Å². The van der Waals surface area contributed by atoms with E-state index in [4.69, 9.17) is 16.9 Å².